The molecule has 2 aromatic rings. The Morgan fingerprint density at radius 2 is 1.89 bits per heavy atom. The highest BCUT2D eigenvalue weighted by Crippen LogP contribution is 2.29. The quantitative estimate of drug-likeness (QED) is 0.639. The maximum Gasteiger partial charge on any atom is 0.262 e. The third-order valence-electron chi connectivity index (χ3n) is 3.84. The number of rotatable bonds is 8. The molecule has 0 bridgehead atoms. The SMILES string of the molecule is COc1ccc(S(=O)(=O)NC2CC2)cc1NC(=O)COc1ccc(Br)cc1. The summed E-state index contributed by atoms with van der Waals surface area (Å²) in [6.45, 7) is -0.220. The van der Waals surface area contributed by atoms with Crippen LogP contribution in [0.2, 0.25) is 0 Å². The van der Waals surface area contributed by atoms with Gasteiger partial charge in [-0.3, -0.25) is 4.79 Å². The normalized spacial score (nSPS) is 13.9. The van der Waals surface area contributed by atoms with Crippen LogP contribution in [-0.4, -0.2) is 34.1 Å². The molecule has 0 spiro atoms. The van der Waals surface area contributed by atoms with E-state index in [1.165, 1.54) is 25.3 Å². The number of hydrogen-bond donors (Lipinski definition) is 2. The molecule has 1 amide bonds. The van der Waals surface area contributed by atoms with E-state index in [4.69, 9.17) is 9.47 Å². The maximum atomic E-state index is 12.4. The number of amides is 1. The summed E-state index contributed by atoms with van der Waals surface area (Å²) in [5.41, 5.74) is 0.264. The Morgan fingerprint density at radius 3 is 2.52 bits per heavy atom. The number of carbonyl (C=O) groups is 1. The van der Waals surface area contributed by atoms with Gasteiger partial charge in [0.15, 0.2) is 6.61 Å². The highest BCUT2D eigenvalue weighted by molar-refractivity contribution is 9.10. The Morgan fingerprint density at radius 1 is 1.19 bits per heavy atom. The monoisotopic (exact) mass is 454 g/mol. The van der Waals surface area contributed by atoms with E-state index < -0.39 is 15.9 Å². The van der Waals surface area contributed by atoms with Crippen molar-refractivity contribution in [2.45, 2.75) is 23.8 Å². The molecular weight excluding hydrogens is 436 g/mol. The summed E-state index contributed by atoms with van der Waals surface area (Å²) in [4.78, 5) is 12.3. The predicted octanol–water partition coefficient (Wildman–Crippen LogP) is 2.92. The van der Waals surface area contributed by atoms with Crippen molar-refractivity contribution >= 4 is 37.5 Å². The molecule has 7 nitrogen and oxygen atoms in total. The molecule has 1 saturated carbocycles. The van der Waals surface area contributed by atoms with E-state index in [9.17, 15) is 13.2 Å². The Balaban J connectivity index is 1.69. The van der Waals surface area contributed by atoms with Crippen molar-refractivity contribution in [3.05, 3.63) is 46.9 Å². The van der Waals surface area contributed by atoms with Crippen LogP contribution in [0.15, 0.2) is 51.8 Å². The highest BCUT2D eigenvalue weighted by atomic mass is 79.9. The number of benzene rings is 2. The lowest BCUT2D eigenvalue weighted by Crippen LogP contribution is -2.26. The lowest BCUT2D eigenvalue weighted by molar-refractivity contribution is -0.118. The largest absolute Gasteiger partial charge is 0.495 e. The van der Waals surface area contributed by atoms with E-state index in [0.717, 1.165) is 17.3 Å². The summed E-state index contributed by atoms with van der Waals surface area (Å²) in [5.74, 6) is 0.476. The third kappa shape index (κ3) is 5.44. The van der Waals surface area contributed by atoms with Gasteiger partial charge in [-0.15, -0.1) is 0 Å². The zero-order valence-electron chi connectivity index (χ0n) is 14.6. The van der Waals surface area contributed by atoms with Crippen LogP contribution in [0.4, 0.5) is 5.69 Å². The molecule has 2 N–H and O–H groups in total. The van der Waals surface area contributed by atoms with Crippen molar-refractivity contribution in [3.8, 4) is 11.5 Å². The average Bonchev–Trinajstić information content (AvgIpc) is 3.44. The van der Waals surface area contributed by atoms with Crippen LogP contribution in [-0.2, 0) is 14.8 Å². The molecule has 0 heterocycles. The maximum absolute atomic E-state index is 12.4. The van der Waals surface area contributed by atoms with E-state index in [0.29, 0.717) is 11.5 Å². The van der Waals surface area contributed by atoms with E-state index >= 15 is 0 Å². The van der Waals surface area contributed by atoms with Gasteiger partial charge in [0.1, 0.15) is 11.5 Å². The van der Waals surface area contributed by atoms with Gasteiger partial charge in [0.2, 0.25) is 10.0 Å². The lowest BCUT2D eigenvalue weighted by atomic mass is 10.3. The predicted molar refractivity (Wildman–Crippen MR) is 105 cm³/mol. The summed E-state index contributed by atoms with van der Waals surface area (Å²) in [5, 5.41) is 2.63. The molecule has 2 aromatic carbocycles. The molecule has 1 aliphatic rings. The zero-order valence-corrected chi connectivity index (χ0v) is 17.0. The summed E-state index contributed by atoms with van der Waals surface area (Å²) >= 11 is 3.32. The van der Waals surface area contributed by atoms with Gasteiger partial charge >= 0.3 is 0 Å². The van der Waals surface area contributed by atoms with Crippen molar-refractivity contribution in [3.63, 3.8) is 0 Å². The van der Waals surface area contributed by atoms with Gasteiger partial charge in [-0.05, 0) is 55.3 Å². The number of methoxy groups -OCH3 is 1. The minimum atomic E-state index is -3.63. The van der Waals surface area contributed by atoms with Crippen molar-refractivity contribution in [2.24, 2.45) is 0 Å². The molecule has 0 saturated heterocycles. The molecule has 27 heavy (non-hydrogen) atoms. The van der Waals surface area contributed by atoms with Crippen LogP contribution >= 0.6 is 15.9 Å². The lowest BCUT2D eigenvalue weighted by Gasteiger charge is -2.13. The number of sulfonamides is 1. The second-order valence-corrected chi connectivity index (χ2v) is 8.68. The third-order valence-corrected chi connectivity index (χ3v) is 5.88. The van der Waals surface area contributed by atoms with Crippen molar-refractivity contribution in [1.82, 2.24) is 4.72 Å². The van der Waals surface area contributed by atoms with Gasteiger partial charge in [-0.2, -0.15) is 0 Å². The van der Waals surface area contributed by atoms with Crippen LogP contribution in [0.25, 0.3) is 0 Å². The topological polar surface area (TPSA) is 93.7 Å². The van der Waals surface area contributed by atoms with Crippen LogP contribution in [0, 0.1) is 0 Å². The fourth-order valence-corrected chi connectivity index (χ4v) is 3.90. The van der Waals surface area contributed by atoms with Crippen molar-refractivity contribution < 1.29 is 22.7 Å². The molecule has 9 heteroatoms. The van der Waals surface area contributed by atoms with Gasteiger partial charge in [0.05, 0.1) is 17.7 Å². The van der Waals surface area contributed by atoms with Gasteiger partial charge in [0, 0.05) is 10.5 Å². The first-order chi connectivity index (χ1) is 12.9. The number of ether oxygens (including phenoxy) is 2. The Bertz CT molecular complexity index is 927. The average molecular weight is 455 g/mol. The van der Waals surface area contributed by atoms with Crippen LogP contribution in [0.5, 0.6) is 11.5 Å². The summed E-state index contributed by atoms with van der Waals surface area (Å²) < 4.78 is 38.9. The van der Waals surface area contributed by atoms with Gasteiger partial charge in [0.25, 0.3) is 5.91 Å². The van der Waals surface area contributed by atoms with E-state index in [2.05, 4.69) is 26.0 Å². The van der Waals surface area contributed by atoms with Crippen LogP contribution < -0.4 is 19.5 Å². The second-order valence-electron chi connectivity index (χ2n) is 6.05. The minimum Gasteiger partial charge on any atom is -0.495 e. The van der Waals surface area contributed by atoms with Crippen molar-refractivity contribution in [2.75, 3.05) is 19.0 Å². The van der Waals surface area contributed by atoms with Gasteiger partial charge in [-0.1, -0.05) is 15.9 Å². The molecule has 0 radical (unpaired) electrons. The van der Waals surface area contributed by atoms with Gasteiger partial charge in [-0.25, -0.2) is 13.1 Å². The molecule has 144 valence electrons. The Labute approximate surface area is 166 Å². The Kier molecular flexibility index (Phi) is 6.03. The first kappa shape index (κ1) is 19.7. The van der Waals surface area contributed by atoms with Crippen molar-refractivity contribution in [1.29, 1.82) is 0 Å². The summed E-state index contributed by atoms with van der Waals surface area (Å²) in [7, 11) is -2.19. The van der Waals surface area contributed by atoms with E-state index in [-0.39, 0.29) is 23.2 Å². The smallest absolute Gasteiger partial charge is 0.262 e. The van der Waals surface area contributed by atoms with Gasteiger partial charge < -0.3 is 14.8 Å². The molecule has 3 rings (SSSR count). The summed E-state index contributed by atoms with van der Waals surface area (Å²) in [6, 6.07) is 11.4. The number of nitrogens with one attached hydrogen (secondary N) is 2. The Hall–Kier alpha value is -2.10. The first-order valence-electron chi connectivity index (χ1n) is 8.26. The number of halogens is 1. The highest BCUT2D eigenvalue weighted by Gasteiger charge is 2.28. The minimum absolute atomic E-state index is 0.00514. The molecule has 0 unspecified atom stereocenters. The fraction of sp³-hybridized carbons (Fsp3) is 0.278. The van der Waals surface area contributed by atoms with Crippen LogP contribution in [0.1, 0.15) is 12.8 Å². The first-order valence-corrected chi connectivity index (χ1v) is 10.5. The van der Waals surface area contributed by atoms with E-state index in [1.807, 2.05) is 0 Å². The molecule has 1 aliphatic carbocycles. The summed E-state index contributed by atoms with van der Waals surface area (Å²) in [6.07, 6.45) is 1.68. The second kappa shape index (κ2) is 8.28. The molecule has 0 aromatic heterocycles. The van der Waals surface area contributed by atoms with Crippen LogP contribution in [0.3, 0.4) is 0 Å². The zero-order chi connectivity index (χ0) is 19.4. The number of carbonyl (C=O) groups excluding carboxylic acids is 1. The number of anilines is 1. The number of hydrogen-bond acceptors (Lipinski definition) is 5. The van der Waals surface area contributed by atoms with E-state index in [1.54, 1.807) is 24.3 Å². The standard InChI is InChI=1S/C18H19BrN2O5S/c1-25-17-9-8-15(27(23,24)21-13-4-5-13)10-16(17)20-18(22)11-26-14-6-2-12(19)3-7-14/h2-3,6-10,13,21H,4-5,11H2,1H3,(H,20,22). The molecule has 0 atom stereocenters. The molecular formula is C18H19BrN2O5S. The fourth-order valence-electron chi connectivity index (χ4n) is 2.31. The molecule has 1 fully saturated rings. The molecule has 0 aliphatic heterocycles.